The average molecular weight is 406 g/mol. The normalized spacial score (nSPS) is 20.1. The molecule has 8 heteroatoms. The number of hydrogen-bond donors (Lipinski definition) is 1. The zero-order valence-electron chi connectivity index (χ0n) is 15.1. The molecule has 0 atom stereocenters. The summed E-state index contributed by atoms with van der Waals surface area (Å²) in [5.41, 5.74) is 7.17. The van der Waals surface area contributed by atoms with E-state index >= 15 is 0 Å². The standard InChI is InChI=1S/C19H23N5OS.ClH/c20-19(9-3-4-10-19)17-22-16(25-23-17)13-7-11-24(12-8-13)18-21-14-5-1-2-6-15(14)26-18;/h1-2,5-6,13H,3-4,7-12,20H2;1H. The molecule has 0 unspecified atom stereocenters. The largest absolute Gasteiger partial charge is 0.348 e. The Morgan fingerprint density at radius 3 is 2.59 bits per heavy atom. The molecule has 2 fully saturated rings. The van der Waals surface area contributed by atoms with Gasteiger partial charge in [-0.1, -0.05) is 41.5 Å². The minimum absolute atomic E-state index is 0. The third-order valence-corrected chi connectivity index (χ3v) is 6.88. The summed E-state index contributed by atoms with van der Waals surface area (Å²) in [6.07, 6.45) is 6.25. The van der Waals surface area contributed by atoms with Crippen molar-refractivity contribution in [2.75, 3.05) is 18.0 Å². The first kappa shape index (κ1) is 18.7. The molecular weight excluding hydrogens is 382 g/mol. The van der Waals surface area contributed by atoms with Crippen molar-refractivity contribution in [1.82, 2.24) is 15.1 Å². The molecule has 3 aromatic rings. The van der Waals surface area contributed by atoms with Crippen molar-refractivity contribution < 1.29 is 4.52 Å². The van der Waals surface area contributed by atoms with Crippen LogP contribution in [0, 0.1) is 0 Å². The second-order valence-electron chi connectivity index (χ2n) is 7.54. The molecule has 0 spiro atoms. The lowest BCUT2D eigenvalue weighted by Gasteiger charge is -2.30. The molecule has 1 saturated carbocycles. The van der Waals surface area contributed by atoms with Crippen LogP contribution in [0.25, 0.3) is 10.2 Å². The van der Waals surface area contributed by atoms with Gasteiger partial charge in [-0.3, -0.25) is 0 Å². The van der Waals surface area contributed by atoms with Gasteiger partial charge in [-0.25, -0.2) is 4.98 Å². The fourth-order valence-corrected chi connectivity index (χ4v) is 5.16. The number of aromatic nitrogens is 3. The SMILES string of the molecule is Cl.NC1(c2noc(C3CCN(c4nc5ccccc5s4)CC3)n2)CCCC1. The van der Waals surface area contributed by atoms with E-state index in [4.69, 9.17) is 15.2 Å². The van der Waals surface area contributed by atoms with E-state index in [-0.39, 0.29) is 17.9 Å². The van der Waals surface area contributed by atoms with Crippen molar-refractivity contribution in [1.29, 1.82) is 0 Å². The number of hydrogen-bond acceptors (Lipinski definition) is 7. The molecule has 5 rings (SSSR count). The van der Waals surface area contributed by atoms with Gasteiger partial charge in [0.2, 0.25) is 5.89 Å². The van der Waals surface area contributed by atoms with Gasteiger partial charge in [-0.15, -0.1) is 12.4 Å². The molecule has 0 bridgehead atoms. The molecule has 0 amide bonds. The summed E-state index contributed by atoms with van der Waals surface area (Å²) < 4.78 is 6.84. The minimum atomic E-state index is -0.372. The number of benzene rings is 1. The summed E-state index contributed by atoms with van der Waals surface area (Å²) in [4.78, 5) is 11.8. The van der Waals surface area contributed by atoms with E-state index in [2.05, 4.69) is 33.2 Å². The molecule has 2 N–H and O–H groups in total. The maximum Gasteiger partial charge on any atom is 0.229 e. The first-order chi connectivity index (χ1) is 12.7. The van der Waals surface area contributed by atoms with Crippen LogP contribution in [-0.4, -0.2) is 28.2 Å². The first-order valence-electron chi connectivity index (χ1n) is 9.45. The molecule has 2 aromatic heterocycles. The van der Waals surface area contributed by atoms with Crippen molar-refractivity contribution >= 4 is 39.1 Å². The summed E-state index contributed by atoms with van der Waals surface area (Å²) in [5.74, 6) is 1.80. The number of nitrogens with two attached hydrogens (primary N) is 1. The van der Waals surface area contributed by atoms with E-state index in [0.717, 1.165) is 68.2 Å². The van der Waals surface area contributed by atoms with Gasteiger partial charge in [0, 0.05) is 19.0 Å². The van der Waals surface area contributed by atoms with Crippen molar-refractivity contribution in [2.45, 2.75) is 50.0 Å². The molecule has 6 nitrogen and oxygen atoms in total. The van der Waals surface area contributed by atoms with E-state index in [1.54, 1.807) is 11.3 Å². The molecule has 27 heavy (non-hydrogen) atoms. The lowest BCUT2D eigenvalue weighted by atomic mass is 9.96. The minimum Gasteiger partial charge on any atom is -0.348 e. The van der Waals surface area contributed by atoms with E-state index in [9.17, 15) is 0 Å². The lowest BCUT2D eigenvalue weighted by molar-refractivity contribution is 0.317. The van der Waals surface area contributed by atoms with Crippen molar-refractivity contribution in [3.8, 4) is 0 Å². The van der Waals surface area contributed by atoms with Crippen LogP contribution in [0.2, 0.25) is 0 Å². The van der Waals surface area contributed by atoms with E-state index in [1.165, 1.54) is 4.70 Å². The van der Waals surface area contributed by atoms with Gasteiger partial charge in [-0.05, 0) is 37.8 Å². The van der Waals surface area contributed by atoms with E-state index in [1.807, 2.05) is 6.07 Å². The third-order valence-electron chi connectivity index (χ3n) is 5.78. The Balaban J connectivity index is 0.00000180. The summed E-state index contributed by atoms with van der Waals surface area (Å²) in [5, 5.41) is 5.33. The molecule has 1 aliphatic carbocycles. The molecule has 1 aliphatic heterocycles. The van der Waals surface area contributed by atoms with Crippen LogP contribution >= 0.6 is 23.7 Å². The Bertz CT molecular complexity index is 879. The number of thiazole rings is 1. The van der Waals surface area contributed by atoms with Crippen LogP contribution in [-0.2, 0) is 5.54 Å². The van der Waals surface area contributed by atoms with Crippen LogP contribution in [0.15, 0.2) is 28.8 Å². The summed E-state index contributed by atoms with van der Waals surface area (Å²) in [7, 11) is 0. The summed E-state index contributed by atoms with van der Waals surface area (Å²) in [6, 6.07) is 8.32. The zero-order chi connectivity index (χ0) is 17.6. The van der Waals surface area contributed by atoms with Crippen molar-refractivity contribution in [2.24, 2.45) is 5.73 Å². The number of piperidine rings is 1. The molecule has 1 saturated heterocycles. The average Bonchev–Trinajstić information content (AvgIpc) is 3.41. The van der Waals surface area contributed by atoms with Crippen LogP contribution < -0.4 is 10.6 Å². The smallest absolute Gasteiger partial charge is 0.229 e. The van der Waals surface area contributed by atoms with Crippen LogP contribution in [0.4, 0.5) is 5.13 Å². The van der Waals surface area contributed by atoms with Crippen LogP contribution in [0.3, 0.4) is 0 Å². The number of fused-ring (bicyclic) bond motifs is 1. The quantitative estimate of drug-likeness (QED) is 0.702. The van der Waals surface area contributed by atoms with Gasteiger partial charge < -0.3 is 15.2 Å². The number of anilines is 1. The van der Waals surface area contributed by atoms with E-state index in [0.29, 0.717) is 11.7 Å². The van der Waals surface area contributed by atoms with Gasteiger partial charge in [-0.2, -0.15) is 4.98 Å². The Hall–Kier alpha value is -1.70. The Labute approximate surface area is 168 Å². The fourth-order valence-electron chi connectivity index (χ4n) is 4.15. The van der Waals surface area contributed by atoms with Gasteiger partial charge in [0.15, 0.2) is 11.0 Å². The second-order valence-corrected chi connectivity index (χ2v) is 8.55. The summed E-state index contributed by atoms with van der Waals surface area (Å²) in [6.45, 7) is 1.94. The van der Waals surface area contributed by atoms with Crippen molar-refractivity contribution in [3.63, 3.8) is 0 Å². The molecule has 3 heterocycles. The van der Waals surface area contributed by atoms with Gasteiger partial charge in [0.05, 0.1) is 15.8 Å². The molecule has 2 aliphatic rings. The Morgan fingerprint density at radius 1 is 1.11 bits per heavy atom. The number of rotatable bonds is 3. The monoisotopic (exact) mass is 405 g/mol. The molecule has 0 radical (unpaired) electrons. The molecular formula is C19H24ClN5OS. The highest BCUT2D eigenvalue weighted by Gasteiger charge is 2.37. The predicted molar refractivity (Wildman–Crippen MR) is 110 cm³/mol. The van der Waals surface area contributed by atoms with Crippen LogP contribution in [0.5, 0.6) is 0 Å². The fraction of sp³-hybridized carbons (Fsp3) is 0.526. The number of nitrogens with zero attached hydrogens (tertiary/aromatic N) is 4. The topological polar surface area (TPSA) is 81.1 Å². The van der Waals surface area contributed by atoms with Gasteiger partial charge in [0.1, 0.15) is 0 Å². The number of para-hydroxylation sites is 1. The van der Waals surface area contributed by atoms with Crippen molar-refractivity contribution in [3.05, 3.63) is 36.0 Å². The van der Waals surface area contributed by atoms with Gasteiger partial charge >= 0.3 is 0 Å². The molecule has 1 aromatic carbocycles. The third kappa shape index (κ3) is 3.44. The van der Waals surface area contributed by atoms with Gasteiger partial charge in [0.25, 0.3) is 0 Å². The first-order valence-corrected chi connectivity index (χ1v) is 10.3. The number of halogens is 1. The maximum absolute atomic E-state index is 6.46. The second kappa shape index (κ2) is 7.37. The highest BCUT2D eigenvalue weighted by molar-refractivity contribution is 7.22. The Kier molecular flexibility index (Phi) is 5.09. The lowest BCUT2D eigenvalue weighted by Crippen LogP contribution is -2.35. The summed E-state index contributed by atoms with van der Waals surface area (Å²) >= 11 is 1.77. The zero-order valence-corrected chi connectivity index (χ0v) is 16.8. The van der Waals surface area contributed by atoms with Crippen LogP contribution in [0.1, 0.15) is 56.2 Å². The highest BCUT2D eigenvalue weighted by atomic mass is 35.5. The van der Waals surface area contributed by atoms with E-state index < -0.39 is 0 Å². The highest BCUT2D eigenvalue weighted by Crippen LogP contribution is 2.37. The Morgan fingerprint density at radius 2 is 1.85 bits per heavy atom. The molecule has 144 valence electrons. The predicted octanol–water partition coefficient (Wildman–Crippen LogP) is 4.21. The maximum atomic E-state index is 6.46.